The largest absolute Gasteiger partial charge is 0.313 e. The summed E-state index contributed by atoms with van der Waals surface area (Å²) in [4.78, 5) is 2.43. The predicted molar refractivity (Wildman–Crippen MR) is 107 cm³/mol. The topological polar surface area (TPSA) is 15.3 Å². The Morgan fingerprint density at radius 2 is 1.39 bits per heavy atom. The molecule has 1 aromatic rings. The highest BCUT2D eigenvalue weighted by atomic mass is 15.1. The number of likely N-dealkylation sites (tertiary alicyclic amines) is 1. The van der Waals surface area contributed by atoms with Gasteiger partial charge in [0.1, 0.15) is 0 Å². The summed E-state index contributed by atoms with van der Waals surface area (Å²) in [5.41, 5.74) is 1.80. The Hall–Kier alpha value is -0.860. The summed E-state index contributed by atoms with van der Waals surface area (Å²) in [6.45, 7) is 15.1. The lowest BCUT2D eigenvalue weighted by Gasteiger charge is -2.51. The number of hydrogen-bond acceptors (Lipinski definition) is 2. The quantitative estimate of drug-likeness (QED) is 0.808. The van der Waals surface area contributed by atoms with E-state index in [1.165, 1.54) is 31.5 Å². The maximum Gasteiger partial charge on any atom is 0.0294 e. The van der Waals surface area contributed by atoms with Gasteiger partial charge in [-0.2, -0.15) is 0 Å². The van der Waals surface area contributed by atoms with Gasteiger partial charge in [-0.3, -0.25) is 0 Å². The van der Waals surface area contributed by atoms with Crippen LogP contribution in [0, 0.1) is 0 Å². The fourth-order valence-corrected chi connectivity index (χ4v) is 3.32. The average Bonchev–Trinajstić information content (AvgIpc) is 2.60. The Labute approximate surface area is 146 Å². The van der Waals surface area contributed by atoms with Crippen LogP contribution in [0.4, 0.5) is 0 Å². The molecule has 23 heavy (non-hydrogen) atoms. The SMILES string of the molecule is C.CC.CC.CNC1(C(C)(C)c2ccccc2)CCN(C)CC1. The minimum absolute atomic E-state index is 0. The summed E-state index contributed by atoms with van der Waals surface area (Å²) in [6.07, 6.45) is 2.42. The molecule has 0 saturated carbocycles. The first kappa shape index (κ1) is 24.4. The van der Waals surface area contributed by atoms with E-state index in [1.54, 1.807) is 0 Å². The summed E-state index contributed by atoms with van der Waals surface area (Å²) in [5, 5.41) is 3.65. The molecule has 0 spiro atoms. The Balaban J connectivity index is 0. The molecular formula is C21H42N2. The Morgan fingerprint density at radius 3 is 1.78 bits per heavy atom. The van der Waals surface area contributed by atoms with Crippen molar-refractivity contribution in [3.8, 4) is 0 Å². The van der Waals surface area contributed by atoms with Gasteiger partial charge in [-0.1, -0.05) is 79.3 Å². The lowest BCUT2D eigenvalue weighted by molar-refractivity contribution is 0.0998. The van der Waals surface area contributed by atoms with E-state index in [4.69, 9.17) is 0 Å². The van der Waals surface area contributed by atoms with Crippen LogP contribution in [0.1, 0.15) is 67.4 Å². The van der Waals surface area contributed by atoms with Gasteiger partial charge in [-0.25, -0.2) is 0 Å². The van der Waals surface area contributed by atoms with Crippen molar-refractivity contribution < 1.29 is 0 Å². The summed E-state index contributed by atoms with van der Waals surface area (Å²) in [6, 6.07) is 10.9. The molecular weight excluding hydrogens is 280 g/mol. The van der Waals surface area contributed by atoms with E-state index in [0.29, 0.717) is 0 Å². The van der Waals surface area contributed by atoms with Crippen LogP contribution in [-0.4, -0.2) is 37.6 Å². The zero-order chi connectivity index (χ0) is 17.2. The zero-order valence-corrected chi connectivity index (χ0v) is 16.2. The highest BCUT2D eigenvalue weighted by molar-refractivity contribution is 5.29. The predicted octanol–water partition coefficient (Wildman–Crippen LogP) is 5.34. The van der Waals surface area contributed by atoms with Gasteiger partial charge in [0, 0.05) is 11.0 Å². The van der Waals surface area contributed by atoms with Gasteiger partial charge in [0.2, 0.25) is 0 Å². The number of piperidine rings is 1. The lowest BCUT2D eigenvalue weighted by atomic mass is 9.63. The van der Waals surface area contributed by atoms with E-state index < -0.39 is 0 Å². The Bertz CT molecular complexity index is 376. The van der Waals surface area contributed by atoms with Crippen LogP contribution in [0.5, 0.6) is 0 Å². The number of benzene rings is 1. The molecule has 1 aromatic carbocycles. The second kappa shape index (κ2) is 11.6. The molecule has 2 heteroatoms. The van der Waals surface area contributed by atoms with Crippen LogP contribution in [0.25, 0.3) is 0 Å². The van der Waals surface area contributed by atoms with E-state index in [2.05, 4.69) is 68.5 Å². The highest BCUT2D eigenvalue weighted by Gasteiger charge is 2.45. The third kappa shape index (κ3) is 5.61. The van der Waals surface area contributed by atoms with Crippen LogP contribution in [0.15, 0.2) is 30.3 Å². The van der Waals surface area contributed by atoms with Gasteiger partial charge in [0.25, 0.3) is 0 Å². The zero-order valence-electron chi connectivity index (χ0n) is 16.2. The van der Waals surface area contributed by atoms with Crippen molar-refractivity contribution in [3.63, 3.8) is 0 Å². The fraction of sp³-hybridized carbons (Fsp3) is 0.714. The second-order valence-electron chi connectivity index (χ2n) is 6.13. The van der Waals surface area contributed by atoms with Crippen molar-refractivity contribution in [2.75, 3.05) is 27.2 Å². The summed E-state index contributed by atoms with van der Waals surface area (Å²) >= 11 is 0. The van der Waals surface area contributed by atoms with Crippen molar-refractivity contribution in [1.29, 1.82) is 0 Å². The Kier molecular flexibility index (Phi) is 12.3. The molecule has 1 fully saturated rings. The van der Waals surface area contributed by atoms with E-state index in [-0.39, 0.29) is 18.4 Å². The van der Waals surface area contributed by atoms with Gasteiger partial charge in [0.15, 0.2) is 0 Å². The number of likely N-dealkylation sites (N-methyl/N-ethyl adjacent to an activating group) is 1. The highest BCUT2D eigenvalue weighted by Crippen LogP contribution is 2.41. The molecule has 0 radical (unpaired) electrons. The molecule has 0 atom stereocenters. The molecule has 136 valence electrons. The van der Waals surface area contributed by atoms with E-state index >= 15 is 0 Å². The molecule has 0 aliphatic carbocycles. The van der Waals surface area contributed by atoms with E-state index in [0.717, 1.165) is 0 Å². The van der Waals surface area contributed by atoms with E-state index in [1.807, 2.05) is 27.7 Å². The molecule has 1 aliphatic rings. The first-order valence-electron chi connectivity index (χ1n) is 8.95. The smallest absolute Gasteiger partial charge is 0.0294 e. The average molecular weight is 323 g/mol. The summed E-state index contributed by atoms with van der Waals surface area (Å²) in [7, 11) is 4.34. The molecule has 1 heterocycles. The van der Waals surface area contributed by atoms with E-state index in [9.17, 15) is 0 Å². The third-order valence-electron chi connectivity index (χ3n) is 5.01. The van der Waals surface area contributed by atoms with Crippen molar-refractivity contribution >= 4 is 0 Å². The van der Waals surface area contributed by atoms with Crippen LogP contribution in [0.2, 0.25) is 0 Å². The number of hydrogen-bond donors (Lipinski definition) is 1. The van der Waals surface area contributed by atoms with Crippen molar-refractivity contribution in [3.05, 3.63) is 35.9 Å². The van der Waals surface area contributed by atoms with Gasteiger partial charge in [-0.05, 0) is 45.6 Å². The first-order valence-corrected chi connectivity index (χ1v) is 8.95. The van der Waals surface area contributed by atoms with Crippen LogP contribution in [-0.2, 0) is 5.41 Å². The lowest BCUT2D eigenvalue weighted by Crippen LogP contribution is -2.61. The molecule has 1 N–H and O–H groups in total. The van der Waals surface area contributed by atoms with Crippen LogP contribution >= 0.6 is 0 Å². The minimum atomic E-state index is 0. The molecule has 2 nitrogen and oxygen atoms in total. The fourth-order valence-electron chi connectivity index (χ4n) is 3.32. The second-order valence-corrected chi connectivity index (χ2v) is 6.13. The standard InChI is InChI=1S/C16H26N2.2C2H6.CH4/c1-15(2,14-8-6-5-7-9-14)16(17-3)10-12-18(4)13-11-16;2*1-2;/h5-9,17H,10-13H2,1-4H3;2*1-2H3;1H4. The normalized spacial score (nSPS) is 16.9. The van der Waals surface area contributed by atoms with Crippen LogP contribution in [0.3, 0.4) is 0 Å². The summed E-state index contributed by atoms with van der Waals surface area (Å²) in [5.74, 6) is 0. The maximum atomic E-state index is 3.65. The summed E-state index contributed by atoms with van der Waals surface area (Å²) < 4.78 is 0. The number of nitrogens with zero attached hydrogens (tertiary/aromatic N) is 1. The number of rotatable bonds is 3. The van der Waals surface area contributed by atoms with Gasteiger partial charge in [0.05, 0.1) is 0 Å². The molecule has 0 aromatic heterocycles. The molecule has 1 aliphatic heterocycles. The van der Waals surface area contributed by atoms with Gasteiger partial charge in [-0.15, -0.1) is 0 Å². The van der Waals surface area contributed by atoms with Crippen molar-refractivity contribution in [1.82, 2.24) is 10.2 Å². The van der Waals surface area contributed by atoms with Gasteiger partial charge < -0.3 is 10.2 Å². The molecule has 0 amide bonds. The van der Waals surface area contributed by atoms with Gasteiger partial charge >= 0.3 is 0 Å². The molecule has 1 saturated heterocycles. The molecule has 2 rings (SSSR count). The molecule has 0 unspecified atom stereocenters. The van der Waals surface area contributed by atoms with Crippen molar-refractivity contribution in [2.24, 2.45) is 0 Å². The Morgan fingerprint density at radius 1 is 0.957 bits per heavy atom. The first-order chi connectivity index (χ1) is 10.5. The monoisotopic (exact) mass is 322 g/mol. The van der Waals surface area contributed by atoms with Crippen LogP contribution < -0.4 is 5.32 Å². The number of nitrogens with one attached hydrogen (secondary N) is 1. The van der Waals surface area contributed by atoms with Crippen molar-refractivity contribution in [2.45, 2.75) is 72.8 Å². The molecule has 0 bridgehead atoms. The minimum Gasteiger partial charge on any atom is -0.313 e. The maximum absolute atomic E-state index is 3.65. The third-order valence-corrected chi connectivity index (χ3v) is 5.01.